The average molecular weight is 302 g/mol. The molecule has 0 spiro atoms. The molecule has 0 bridgehead atoms. The predicted molar refractivity (Wildman–Crippen MR) is 70.2 cm³/mol. The number of halogens is 1. The van der Waals surface area contributed by atoms with Gasteiger partial charge in [0.2, 0.25) is 15.8 Å². The van der Waals surface area contributed by atoms with E-state index in [0.717, 1.165) is 37.5 Å². The van der Waals surface area contributed by atoms with Crippen LogP contribution in [0.2, 0.25) is 0 Å². The molecule has 1 fully saturated rings. The molecule has 6 nitrogen and oxygen atoms in total. The fourth-order valence-corrected chi connectivity index (χ4v) is 3.73. The summed E-state index contributed by atoms with van der Waals surface area (Å²) in [4.78, 5) is 9.20. The molecule has 0 saturated heterocycles. The van der Waals surface area contributed by atoms with E-state index in [-0.39, 0.29) is 12.0 Å². The highest BCUT2D eigenvalue weighted by Gasteiger charge is 2.41. The Morgan fingerprint density at radius 2 is 2.20 bits per heavy atom. The Labute approximate surface area is 116 Å². The van der Waals surface area contributed by atoms with Crippen LogP contribution in [0.3, 0.4) is 0 Å². The van der Waals surface area contributed by atoms with Crippen LogP contribution in [0.25, 0.3) is 0 Å². The maximum atomic E-state index is 13.4. The van der Waals surface area contributed by atoms with Gasteiger partial charge in [0.1, 0.15) is 0 Å². The molecule has 2 unspecified atom stereocenters. The van der Waals surface area contributed by atoms with Crippen molar-refractivity contribution in [1.82, 2.24) is 4.72 Å². The van der Waals surface area contributed by atoms with Crippen molar-refractivity contribution in [2.24, 2.45) is 5.92 Å². The fourth-order valence-electron chi connectivity index (χ4n) is 2.23. The van der Waals surface area contributed by atoms with Gasteiger partial charge in [-0.3, -0.25) is 10.1 Å². The zero-order valence-electron chi connectivity index (χ0n) is 10.9. The number of hydrogen-bond acceptors (Lipinski definition) is 4. The first-order valence-corrected chi connectivity index (χ1v) is 7.80. The van der Waals surface area contributed by atoms with E-state index in [9.17, 15) is 22.9 Å². The minimum absolute atomic E-state index is 0.206. The lowest BCUT2D eigenvalue weighted by Gasteiger charge is -2.07. The van der Waals surface area contributed by atoms with Crippen molar-refractivity contribution in [1.29, 1.82) is 0 Å². The van der Waals surface area contributed by atoms with Gasteiger partial charge < -0.3 is 0 Å². The molecule has 0 radical (unpaired) electrons. The second kappa shape index (κ2) is 5.45. The molecule has 2 atom stereocenters. The van der Waals surface area contributed by atoms with E-state index < -0.39 is 31.3 Å². The lowest BCUT2D eigenvalue weighted by molar-refractivity contribution is -0.390. The van der Waals surface area contributed by atoms with Gasteiger partial charge in [0.25, 0.3) is 0 Å². The SMILES string of the molecule is CCCC1CC1NS(=O)(=O)c1cccc(F)c1[N+](=O)[O-]. The molecular formula is C12H15FN2O4S. The van der Waals surface area contributed by atoms with Crippen LogP contribution in [0.5, 0.6) is 0 Å². The van der Waals surface area contributed by atoms with Crippen LogP contribution in [0.4, 0.5) is 10.1 Å². The Hall–Kier alpha value is -1.54. The third-order valence-electron chi connectivity index (χ3n) is 3.31. The Morgan fingerprint density at radius 3 is 2.80 bits per heavy atom. The number of sulfonamides is 1. The molecule has 0 aliphatic heterocycles. The molecule has 1 aliphatic rings. The van der Waals surface area contributed by atoms with Crippen molar-refractivity contribution in [3.63, 3.8) is 0 Å². The lowest BCUT2D eigenvalue weighted by atomic mass is 10.2. The summed E-state index contributed by atoms with van der Waals surface area (Å²) in [5.74, 6) is -0.888. The highest BCUT2D eigenvalue weighted by molar-refractivity contribution is 7.89. The molecule has 110 valence electrons. The topological polar surface area (TPSA) is 89.3 Å². The number of rotatable bonds is 6. The maximum absolute atomic E-state index is 13.4. The molecule has 1 N–H and O–H groups in total. The fraction of sp³-hybridized carbons (Fsp3) is 0.500. The van der Waals surface area contributed by atoms with Gasteiger partial charge in [-0.25, -0.2) is 13.1 Å². The average Bonchev–Trinajstić information content (AvgIpc) is 3.06. The van der Waals surface area contributed by atoms with Crippen molar-refractivity contribution in [2.45, 2.75) is 37.1 Å². The van der Waals surface area contributed by atoms with Gasteiger partial charge in [0, 0.05) is 6.04 Å². The molecule has 8 heteroatoms. The first-order valence-electron chi connectivity index (χ1n) is 6.32. The Morgan fingerprint density at radius 1 is 1.50 bits per heavy atom. The maximum Gasteiger partial charge on any atom is 0.324 e. The summed E-state index contributed by atoms with van der Waals surface area (Å²) < 4.78 is 40.1. The summed E-state index contributed by atoms with van der Waals surface area (Å²) in [5.41, 5.74) is -1.01. The van der Waals surface area contributed by atoms with Gasteiger partial charge in [-0.1, -0.05) is 19.4 Å². The summed E-state index contributed by atoms with van der Waals surface area (Å²) in [5, 5.41) is 10.8. The molecule has 1 aromatic rings. The quantitative estimate of drug-likeness (QED) is 0.644. The first kappa shape index (κ1) is 14.9. The van der Waals surface area contributed by atoms with Crippen LogP contribution in [0, 0.1) is 21.8 Å². The van der Waals surface area contributed by atoms with Gasteiger partial charge in [0.05, 0.1) is 4.92 Å². The number of nitro groups is 1. The highest BCUT2D eigenvalue weighted by atomic mass is 32.2. The van der Waals surface area contributed by atoms with Crippen LogP contribution in [-0.4, -0.2) is 19.4 Å². The van der Waals surface area contributed by atoms with Gasteiger partial charge in [-0.15, -0.1) is 0 Å². The predicted octanol–water partition coefficient (Wildman–Crippen LogP) is 2.20. The number of nitrogens with one attached hydrogen (secondary N) is 1. The molecule has 1 saturated carbocycles. The van der Waals surface area contributed by atoms with Crippen molar-refractivity contribution in [3.05, 3.63) is 34.1 Å². The summed E-state index contributed by atoms with van der Waals surface area (Å²) in [6.45, 7) is 2.00. The molecule has 1 aromatic carbocycles. The highest BCUT2D eigenvalue weighted by Crippen LogP contribution is 2.36. The van der Waals surface area contributed by atoms with E-state index in [1.807, 2.05) is 6.92 Å². The summed E-state index contributed by atoms with van der Waals surface area (Å²) in [6.07, 6.45) is 2.57. The van der Waals surface area contributed by atoms with Crippen molar-refractivity contribution < 1.29 is 17.7 Å². The van der Waals surface area contributed by atoms with Crippen molar-refractivity contribution in [2.75, 3.05) is 0 Å². The third-order valence-corrected chi connectivity index (χ3v) is 4.83. The van der Waals surface area contributed by atoms with E-state index in [4.69, 9.17) is 0 Å². The van der Waals surface area contributed by atoms with E-state index in [2.05, 4.69) is 4.72 Å². The Kier molecular flexibility index (Phi) is 4.05. The Balaban J connectivity index is 2.27. The summed E-state index contributed by atoms with van der Waals surface area (Å²) in [7, 11) is -4.08. The lowest BCUT2D eigenvalue weighted by Crippen LogP contribution is -2.28. The van der Waals surface area contributed by atoms with E-state index >= 15 is 0 Å². The number of hydrogen-bond donors (Lipinski definition) is 1. The molecule has 2 rings (SSSR count). The minimum atomic E-state index is -4.08. The minimum Gasteiger partial charge on any atom is -0.258 e. The van der Waals surface area contributed by atoms with Crippen molar-refractivity contribution >= 4 is 15.7 Å². The van der Waals surface area contributed by atoms with Crippen molar-refractivity contribution in [3.8, 4) is 0 Å². The van der Waals surface area contributed by atoms with Crippen LogP contribution in [0.15, 0.2) is 23.1 Å². The molecule has 0 heterocycles. The normalized spacial score (nSPS) is 21.7. The summed E-state index contributed by atoms with van der Waals surface area (Å²) in [6, 6.07) is 2.85. The standard InChI is InChI=1S/C12H15FN2O4S/c1-2-4-8-7-10(8)14-20(18,19)11-6-3-5-9(13)12(11)15(16)17/h3,5-6,8,10,14H,2,4,7H2,1H3. The summed E-state index contributed by atoms with van der Waals surface area (Å²) >= 11 is 0. The van der Waals surface area contributed by atoms with Gasteiger partial charge in [-0.2, -0.15) is 4.39 Å². The zero-order valence-corrected chi connectivity index (χ0v) is 11.7. The second-order valence-corrected chi connectivity index (χ2v) is 6.54. The molecule has 20 heavy (non-hydrogen) atoms. The van der Waals surface area contributed by atoms with E-state index in [1.165, 1.54) is 0 Å². The van der Waals surface area contributed by atoms with Gasteiger partial charge in [0.15, 0.2) is 4.90 Å². The van der Waals surface area contributed by atoms with Crippen LogP contribution >= 0.6 is 0 Å². The molecule has 0 amide bonds. The van der Waals surface area contributed by atoms with Gasteiger partial charge in [-0.05, 0) is 30.9 Å². The van der Waals surface area contributed by atoms with Crippen LogP contribution in [0.1, 0.15) is 26.2 Å². The number of nitro benzene ring substituents is 1. The van der Waals surface area contributed by atoms with Crippen LogP contribution in [-0.2, 0) is 10.0 Å². The smallest absolute Gasteiger partial charge is 0.258 e. The molecule has 0 aromatic heterocycles. The number of para-hydroxylation sites is 1. The monoisotopic (exact) mass is 302 g/mol. The van der Waals surface area contributed by atoms with Crippen LogP contribution < -0.4 is 4.72 Å². The first-order chi connectivity index (χ1) is 9.36. The second-order valence-electron chi connectivity index (χ2n) is 4.86. The van der Waals surface area contributed by atoms with E-state index in [1.54, 1.807) is 0 Å². The molecule has 1 aliphatic carbocycles. The van der Waals surface area contributed by atoms with Gasteiger partial charge >= 0.3 is 5.69 Å². The molecular weight excluding hydrogens is 287 g/mol. The van der Waals surface area contributed by atoms with E-state index in [0.29, 0.717) is 0 Å². The number of nitrogens with zero attached hydrogens (tertiary/aromatic N) is 1. The largest absolute Gasteiger partial charge is 0.324 e. The number of benzene rings is 1. The zero-order chi connectivity index (χ0) is 14.9. The third kappa shape index (κ3) is 2.96. The Bertz CT molecular complexity index is 632.